The third kappa shape index (κ3) is 5.52. The maximum atomic E-state index is 10.9. The Morgan fingerprint density at radius 2 is 1.83 bits per heavy atom. The Balaban J connectivity index is 0.00000289. The van der Waals surface area contributed by atoms with Crippen molar-refractivity contribution in [2.24, 2.45) is 17.6 Å². The van der Waals surface area contributed by atoms with Crippen LogP contribution >= 0.6 is 12.4 Å². The lowest BCUT2D eigenvalue weighted by atomic mass is 9.95. The maximum absolute atomic E-state index is 10.9. The number of rotatable bonds is 6. The van der Waals surface area contributed by atoms with Gasteiger partial charge in [-0.25, -0.2) is 0 Å². The van der Waals surface area contributed by atoms with Crippen LogP contribution in [0.3, 0.4) is 0 Å². The summed E-state index contributed by atoms with van der Waals surface area (Å²) in [6, 6.07) is 8.13. The van der Waals surface area contributed by atoms with Crippen LogP contribution in [0.15, 0.2) is 24.3 Å². The molecule has 1 rings (SSSR count). The van der Waals surface area contributed by atoms with E-state index < -0.39 is 11.9 Å². The first-order chi connectivity index (χ1) is 8.02. The molecular formula is C14H22ClNO2. The van der Waals surface area contributed by atoms with Crippen LogP contribution in [0.2, 0.25) is 0 Å². The number of carbonyl (C=O) groups is 1. The first-order valence-electron chi connectivity index (χ1n) is 6.03. The predicted octanol–water partition coefficient (Wildman–Crippen LogP) is 2.51. The van der Waals surface area contributed by atoms with Crippen LogP contribution < -0.4 is 5.73 Å². The standard InChI is InChI=1S/C14H21NO2.ClH/c1-10(2)6-11-4-3-5-12(7-11)8-13(9-15)14(16)17;/h3-5,7,10,13H,6,8-9,15H2,1-2H3,(H,16,17);1H/t13-;/m1./s1. The molecule has 18 heavy (non-hydrogen) atoms. The topological polar surface area (TPSA) is 63.3 Å². The zero-order valence-corrected chi connectivity index (χ0v) is 11.7. The molecule has 0 saturated carbocycles. The number of hydrogen-bond acceptors (Lipinski definition) is 2. The fourth-order valence-corrected chi connectivity index (χ4v) is 1.91. The van der Waals surface area contributed by atoms with Gasteiger partial charge >= 0.3 is 5.97 Å². The van der Waals surface area contributed by atoms with Crippen LogP contribution in [0, 0.1) is 11.8 Å². The highest BCUT2D eigenvalue weighted by Gasteiger charge is 2.15. The van der Waals surface area contributed by atoms with Crippen LogP contribution in [0.25, 0.3) is 0 Å². The van der Waals surface area contributed by atoms with E-state index in [4.69, 9.17) is 10.8 Å². The fourth-order valence-electron chi connectivity index (χ4n) is 1.91. The van der Waals surface area contributed by atoms with Crippen molar-refractivity contribution in [2.75, 3.05) is 6.54 Å². The Labute approximate surface area is 115 Å². The van der Waals surface area contributed by atoms with Gasteiger partial charge in [0.2, 0.25) is 0 Å². The Morgan fingerprint density at radius 3 is 2.28 bits per heavy atom. The van der Waals surface area contributed by atoms with Gasteiger partial charge in [-0.1, -0.05) is 38.1 Å². The zero-order chi connectivity index (χ0) is 12.8. The molecule has 0 saturated heterocycles. The molecule has 3 nitrogen and oxygen atoms in total. The molecule has 0 unspecified atom stereocenters. The Hall–Kier alpha value is -1.06. The largest absolute Gasteiger partial charge is 0.481 e. The molecule has 0 aliphatic rings. The molecule has 1 aromatic carbocycles. The molecular weight excluding hydrogens is 250 g/mol. The molecule has 102 valence electrons. The van der Waals surface area contributed by atoms with E-state index in [1.54, 1.807) is 0 Å². The first-order valence-corrected chi connectivity index (χ1v) is 6.03. The second-order valence-corrected chi connectivity index (χ2v) is 4.89. The van der Waals surface area contributed by atoms with Gasteiger partial charge in [0.25, 0.3) is 0 Å². The van der Waals surface area contributed by atoms with Crippen molar-refractivity contribution >= 4 is 18.4 Å². The number of carboxylic acids is 1. The second kappa shape index (κ2) is 8.11. The molecule has 0 radical (unpaired) electrons. The SMILES string of the molecule is CC(C)Cc1cccc(C[C@H](CN)C(=O)O)c1.Cl. The molecule has 4 heteroatoms. The van der Waals surface area contributed by atoms with E-state index in [0.29, 0.717) is 12.3 Å². The minimum atomic E-state index is -0.818. The van der Waals surface area contributed by atoms with Gasteiger partial charge in [0.15, 0.2) is 0 Å². The van der Waals surface area contributed by atoms with Crippen LogP contribution in [0.4, 0.5) is 0 Å². The van der Waals surface area contributed by atoms with Gasteiger partial charge in [0.1, 0.15) is 0 Å². The quantitative estimate of drug-likeness (QED) is 0.836. The van der Waals surface area contributed by atoms with Crippen LogP contribution in [-0.2, 0) is 17.6 Å². The van der Waals surface area contributed by atoms with Crippen molar-refractivity contribution in [2.45, 2.75) is 26.7 Å². The van der Waals surface area contributed by atoms with Gasteiger partial charge in [-0.15, -0.1) is 12.4 Å². The van der Waals surface area contributed by atoms with Gasteiger partial charge < -0.3 is 10.8 Å². The molecule has 0 aromatic heterocycles. The van der Waals surface area contributed by atoms with E-state index in [9.17, 15) is 4.79 Å². The summed E-state index contributed by atoms with van der Waals surface area (Å²) in [5.74, 6) is -0.693. The number of halogens is 1. The number of carboxylic acid groups (broad SMARTS) is 1. The molecule has 1 aromatic rings. The number of aliphatic carboxylic acids is 1. The molecule has 0 bridgehead atoms. The number of nitrogens with two attached hydrogens (primary N) is 1. The molecule has 3 N–H and O–H groups in total. The Bertz CT molecular complexity index is 380. The summed E-state index contributed by atoms with van der Waals surface area (Å²) in [6.07, 6.45) is 1.53. The zero-order valence-electron chi connectivity index (χ0n) is 10.9. The monoisotopic (exact) mass is 271 g/mol. The van der Waals surface area contributed by atoms with Crippen molar-refractivity contribution in [3.8, 4) is 0 Å². The first kappa shape index (κ1) is 16.9. The third-order valence-corrected chi connectivity index (χ3v) is 2.75. The molecule has 0 spiro atoms. The molecule has 0 aliphatic carbocycles. The lowest BCUT2D eigenvalue weighted by molar-refractivity contribution is -0.141. The Kier molecular flexibility index (Phi) is 7.64. The van der Waals surface area contributed by atoms with Crippen LogP contribution in [-0.4, -0.2) is 17.6 Å². The maximum Gasteiger partial charge on any atom is 0.308 e. The summed E-state index contributed by atoms with van der Waals surface area (Å²) in [6.45, 7) is 4.53. The van der Waals surface area contributed by atoms with E-state index >= 15 is 0 Å². The highest BCUT2D eigenvalue weighted by Crippen LogP contribution is 2.14. The van der Waals surface area contributed by atoms with Crippen molar-refractivity contribution in [3.05, 3.63) is 35.4 Å². The summed E-state index contributed by atoms with van der Waals surface area (Å²) in [4.78, 5) is 10.9. The van der Waals surface area contributed by atoms with E-state index in [1.165, 1.54) is 5.56 Å². The lowest BCUT2D eigenvalue weighted by Crippen LogP contribution is -2.25. The summed E-state index contributed by atoms with van der Waals surface area (Å²) >= 11 is 0. The minimum absolute atomic E-state index is 0. The normalized spacial score (nSPS) is 12.0. The molecule has 0 aliphatic heterocycles. The van der Waals surface area contributed by atoms with Gasteiger partial charge in [-0.2, -0.15) is 0 Å². The van der Waals surface area contributed by atoms with Gasteiger partial charge in [0, 0.05) is 6.54 Å². The second-order valence-electron chi connectivity index (χ2n) is 4.89. The number of hydrogen-bond donors (Lipinski definition) is 2. The van der Waals surface area contributed by atoms with E-state index in [-0.39, 0.29) is 19.0 Å². The molecule has 1 atom stereocenters. The molecule has 0 fully saturated rings. The van der Waals surface area contributed by atoms with Gasteiger partial charge in [-0.3, -0.25) is 4.79 Å². The van der Waals surface area contributed by atoms with E-state index in [0.717, 1.165) is 12.0 Å². The summed E-state index contributed by atoms with van der Waals surface area (Å²) in [5, 5.41) is 8.97. The highest BCUT2D eigenvalue weighted by molar-refractivity contribution is 5.85. The lowest BCUT2D eigenvalue weighted by Gasteiger charge is -2.11. The average molecular weight is 272 g/mol. The third-order valence-electron chi connectivity index (χ3n) is 2.75. The summed E-state index contributed by atoms with van der Waals surface area (Å²) < 4.78 is 0. The van der Waals surface area contributed by atoms with Crippen LogP contribution in [0.5, 0.6) is 0 Å². The van der Waals surface area contributed by atoms with Gasteiger partial charge in [0.05, 0.1) is 5.92 Å². The Morgan fingerprint density at radius 1 is 1.28 bits per heavy atom. The smallest absolute Gasteiger partial charge is 0.308 e. The van der Waals surface area contributed by atoms with Crippen molar-refractivity contribution in [1.82, 2.24) is 0 Å². The summed E-state index contributed by atoms with van der Waals surface area (Å²) in [7, 11) is 0. The minimum Gasteiger partial charge on any atom is -0.481 e. The number of benzene rings is 1. The molecule has 0 amide bonds. The summed E-state index contributed by atoms with van der Waals surface area (Å²) in [5.41, 5.74) is 7.78. The van der Waals surface area contributed by atoms with Crippen molar-refractivity contribution in [3.63, 3.8) is 0 Å². The average Bonchev–Trinajstić information content (AvgIpc) is 2.25. The van der Waals surface area contributed by atoms with E-state index in [1.807, 2.05) is 12.1 Å². The van der Waals surface area contributed by atoms with Gasteiger partial charge in [-0.05, 0) is 29.9 Å². The van der Waals surface area contributed by atoms with Crippen LogP contribution in [0.1, 0.15) is 25.0 Å². The molecule has 0 heterocycles. The fraction of sp³-hybridized carbons (Fsp3) is 0.500. The predicted molar refractivity (Wildman–Crippen MR) is 76.1 cm³/mol. The highest BCUT2D eigenvalue weighted by atomic mass is 35.5. The van der Waals surface area contributed by atoms with E-state index in [2.05, 4.69) is 26.0 Å². The van der Waals surface area contributed by atoms with Crippen molar-refractivity contribution < 1.29 is 9.90 Å². The van der Waals surface area contributed by atoms with Crippen molar-refractivity contribution in [1.29, 1.82) is 0 Å².